The number of fused-ring (bicyclic) bond motifs is 1. The minimum Gasteiger partial charge on any atom is -0.347 e. The van der Waals surface area contributed by atoms with Crippen molar-refractivity contribution in [3.05, 3.63) is 35.0 Å². The number of nitrogens with one attached hydrogen (secondary N) is 1. The van der Waals surface area contributed by atoms with Gasteiger partial charge in [0.25, 0.3) is 5.91 Å². The number of hydrogen-bond acceptors (Lipinski definition) is 2. The van der Waals surface area contributed by atoms with Gasteiger partial charge in [0, 0.05) is 16.6 Å². The Morgan fingerprint density at radius 2 is 2.15 bits per heavy atom. The lowest BCUT2D eigenvalue weighted by Gasteiger charge is -2.17. The number of carbonyl (C=O) groups is 1. The molecule has 108 valence electrons. The van der Waals surface area contributed by atoms with E-state index in [1.54, 1.807) is 12.1 Å². The molecule has 1 aromatic heterocycles. The van der Waals surface area contributed by atoms with Gasteiger partial charge >= 0.3 is 0 Å². The van der Waals surface area contributed by atoms with Gasteiger partial charge in [0.15, 0.2) is 0 Å². The van der Waals surface area contributed by atoms with Gasteiger partial charge in [-0.3, -0.25) is 4.79 Å². The summed E-state index contributed by atoms with van der Waals surface area (Å²) in [6, 6.07) is 6.28. The van der Waals surface area contributed by atoms with Crippen molar-refractivity contribution >= 4 is 38.9 Å². The lowest BCUT2D eigenvalue weighted by Crippen LogP contribution is -2.36. The van der Waals surface area contributed by atoms with Crippen molar-refractivity contribution in [3.63, 3.8) is 0 Å². The highest BCUT2D eigenvalue weighted by atomic mass is 35.5. The Labute approximate surface area is 126 Å². The van der Waals surface area contributed by atoms with E-state index in [4.69, 9.17) is 11.6 Å². The Morgan fingerprint density at radius 1 is 1.40 bits per heavy atom. The van der Waals surface area contributed by atoms with E-state index in [9.17, 15) is 9.18 Å². The number of benzene rings is 1. The minimum atomic E-state index is -0.287. The maximum Gasteiger partial charge on any atom is 0.261 e. The molecule has 1 heterocycles. The van der Waals surface area contributed by atoms with Crippen LogP contribution in [0, 0.1) is 11.7 Å². The summed E-state index contributed by atoms with van der Waals surface area (Å²) in [6.07, 6.45) is 0.842. The van der Waals surface area contributed by atoms with Gasteiger partial charge in [-0.2, -0.15) is 0 Å². The van der Waals surface area contributed by atoms with Gasteiger partial charge < -0.3 is 5.32 Å². The average Bonchev–Trinajstić information content (AvgIpc) is 2.80. The van der Waals surface area contributed by atoms with Gasteiger partial charge in [-0.25, -0.2) is 4.39 Å². The smallest absolute Gasteiger partial charge is 0.261 e. The molecule has 0 fully saturated rings. The van der Waals surface area contributed by atoms with Crippen molar-refractivity contribution in [2.75, 3.05) is 5.88 Å². The Morgan fingerprint density at radius 3 is 2.80 bits per heavy atom. The van der Waals surface area contributed by atoms with Gasteiger partial charge in [0.05, 0.1) is 4.88 Å². The van der Waals surface area contributed by atoms with E-state index in [2.05, 4.69) is 19.2 Å². The fourth-order valence-corrected chi connectivity index (χ4v) is 3.30. The number of carbonyl (C=O) groups excluding carboxylic acids is 1. The molecule has 0 saturated carbocycles. The van der Waals surface area contributed by atoms with Crippen molar-refractivity contribution < 1.29 is 9.18 Å². The summed E-state index contributed by atoms with van der Waals surface area (Å²) >= 11 is 7.18. The second kappa shape index (κ2) is 6.55. The van der Waals surface area contributed by atoms with Crippen molar-refractivity contribution in [2.45, 2.75) is 26.3 Å². The number of alkyl halides is 1. The summed E-state index contributed by atoms with van der Waals surface area (Å²) in [5, 5.41) is 3.82. The van der Waals surface area contributed by atoms with Crippen molar-refractivity contribution in [1.29, 1.82) is 0 Å². The molecule has 0 spiro atoms. The van der Waals surface area contributed by atoms with Crippen LogP contribution in [-0.2, 0) is 0 Å². The van der Waals surface area contributed by atoms with E-state index < -0.39 is 0 Å². The zero-order valence-corrected chi connectivity index (χ0v) is 13.0. The SMILES string of the molecule is CC(C)CC(CCl)NC(=O)c1cc2ccc(F)cc2s1. The lowest BCUT2D eigenvalue weighted by molar-refractivity contribution is 0.0941. The van der Waals surface area contributed by atoms with E-state index in [-0.39, 0.29) is 17.8 Å². The topological polar surface area (TPSA) is 29.1 Å². The number of hydrogen-bond donors (Lipinski definition) is 1. The Kier molecular flexibility index (Phi) is 5.00. The molecular formula is C15H17ClFNOS. The average molecular weight is 314 g/mol. The largest absolute Gasteiger partial charge is 0.347 e. The highest BCUT2D eigenvalue weighted by molar-refractivity contribution is 7.20. The van der Waals surface area contributed by atoms with E-state index in [1.807, 2.05) is 0 Å². The number of rotatable bonds is 5. The lowest BCUT2D eigenvalue weighted by atomic mass is 10.1. The molecule has 5 heteroatoms. The summed E-state index contributed by atoms with van der Waals surface area (Å²) < 4.78 is 13.9. The molecule has 2 nitrogen and oxygen atoms in total. The fraction of sp³-hybridized carbons (Fsp3) is 0.400. The molecule has 1 N–H and O–H groups in total. The molecule has 2 rings (SSSR count). The maximum atomic E-state index is 13.1. The van der Waals surface area contributed by atoms with Gasteiger partial charge in [0.1, 0.15) is 5.82 Å². The standard InChI is InChI=1S/C15H17ClFNOS/c1-9(2)5-12(8-16)18-15(19)14-6-10-3-4-11(17)7-13(10)20-14/h3-4,6-7,9,12H,5,8H2,1-2H3,(H,18,19). The second-order valence-electron chi connectivity index (χ2n) is 5.25. The van der Waals surface area contributed by atoms with E-state index in [1.165, 1.54) is 23.5 Å². The quantitative estimate of drug-likeness (QED) is 0.813. The summed E-state index contributed by atoms with van der Waals surface area (Å²) in [7, 11) is 0. The van der Waals surface area contributed by atoms with E-state index in [0.717, 1.165) is 16.5 Å². The molecule has 2 aromatic rings. The third kappa shape index (κ3) is 3.70. The summed E-state index contributed by atoms with van der Waals surface area (Å²) in [4.78, 5) is 12.8. The third-order valence-corrected chi connectivity index (χ3v) is 4.45. The maximum absolute atomic E-state index is 13.1. The fourth-order valence-electron chi connectivity index (χ4n) is 2.10. The summed E-state index contributed by atoms with van der Waals surface area (Å²) in [6.45, 7) is 4.18. The molecule has 0 radical (unpaired) electrons. The highest BCUT2D eigenvalue weighted by Crippen LogP contribution is 2.26. The second-order valence-corrected chi connectivity index (χ2v) is 6.64. The van der Waals surface area contributed by atoms with Gasteiger partial charge in [-0.05, 0) is 35.9 Å². The van der Waals surface area contributed by atoms with Crippen LogP contribution >= 0.6 is 22.9 Å². The summed E-state index contributed by atoms with van der Waals surface area (Å²) in [5.41, 5.74) is 0. The van der Waals surface area contributed by atoms with Crippen LogP contribution in [0.15, 0.2) is 24.3 Å². The highest BCUT2D eigenvalue weighted by Gasteiger charge is 2.16. The molecule has 0 saturated heterocycles. The molecule has 0 bridgehead atoms. The Balaban J connectivity index is 2.14. The number of thiophene rings is 1. The van der Waals surface area contributed by atoms with Crippen LogP contribution in [0.3, 0.4) is 0 Å². The molecule has 0 aliphatic heterocycles. The first kappa shape index (κ1) is 15.3. The van der Waals surface area contributed by atoms with Crippen molar-refractivity contribution in [1.82, 2.24) is 5.32 Å². The first-order chi connectivity index (χ1) is 9.49. The van der Waals surface area contributed by atoms with Gasteiger partial charge in [-0.1, -0.05) is 19.9 Å². The zero-order valence-electron chi connectivity index (χ0n) is 11.5. The van der Waals surface area contributed by atoms with Crippen LogP contribution in [0.2, 0.25) is 0 Å². The molecule has 0 aliphatic rings. The predicted octanol–water partition coefficient (Wildman–Crippen LogP) is 4.42. The predicted molar refractivity (Wildman–Crippen MR) is 83.2 cm³/mol. The van der Waals surface area contributed by atoms with Crippen LogP contribution in [0.4, 0.5) is 4.39 Å². The molecule has 1 amide bonds. The number of halogens is 2. The third-order valence-electron chi connectivity index (χ3n) is 2.98. The van der Waals surface area contributed by atoms with Crippen molar-refractivity contribution in [3.8, 4) is 0 Å². The minimum absolute atomic E-state index is 0.0360. The Bertz CT molecular complexity index is 611. The molecule has 1 aromatic carbocycles. The molecule has 1 unspecified atom stereocenters. The Hall–Kier alpha value is -1.13. The summed E-state index contributed by atoms with van der Waals surface area (Å²) in [5.74, 6) is 0.432. The van der Waals surface area contributed by atoms with Gasteiger partial charge in [0.2, 0.25) is 0 Å². The van der Waals surface area contributed by atoms with Crippen LogP contribution in [0.5, 0.6) is 0 Å². The van der Waals surface area contributed by atoms with Crippen molar-refractivity contribution in [2.24, 2.45) is 5.92 Å². The molecule has 20 heavy (non-hydrogen) atoms. The normalized spacial score (nSPS) is 12.8. The van der Waals surface area contributed by atoms with Crippen LogP contribution in [-0.4, -0.2) is 17.8 Å². The molecule has 1 atom stereocenters. The monoisotopic (exact) mass is 313 g/mol. The molecular weight excluding hydrogens is 297 g/mol. The van der Waals surface area contributed by atoms with Crippen LogP contribution in [0.1, 0.15) is 29.9 Å². The first-order valence-corrected chi connectivity index (χ1v) is 7.90. The van der Waals surface area contributed by atoms with Gasteiger partial charge in [-0.15, -0.1) is 22.9 Å². The molecule has 0 aliphatic carbocycles. The zero-order chi connectivity index (χ0) is 14.7. The van der Waals surface area contributed by atoms with Crippen LogP contribution < -0.4 is 5.32 Å². The van der Waals surface area contributed by atoms with E-state index >= 15 is 0 Å². The van der Waals surface area contributed by atoms with E-state index in [0.29, 0.717) is 16.7 Å². The first-order valence-electron chi connectivity index (χ1n) is 6.55. The number of amides is 1. The van der Waals surface area contributed by atoms with Crippen LogP contribution in [0.25, 0.3) is 10.1 Å².